The quantitative estimate of drug-likeness (QED) is 0.627. The summed E-state index contributed by atoms with van der Waals surface area (Å²) in [5.41, 5.74) is -0.0236. The van der Waals surface area contributed by atoms with Crippen LogP contribution in [0.3, 0.4) is 0 Å². The van der Waals surface area contributed by atoms with Crippen LogP contribution in [0.5, 0.6) is 0 Å². The maximum absolute atomic E-state index is 11.6. The zero-order valence-corrected chi connectivity index (χ0v) is 13.3. The Morgan fingerprint density at radius 1 is 1.44 bits per heavy atom. The van der Waals surface area contributed by atoms with Crippen molar-refractivity contribution in [2.45, 2.75) is 26.4 Å². The van der Waals surface area contributed by atoms with Gasteiger partial charge in [0, 0.05) is 0 Å². The number of carbonyl (C=O) groups is 2. The van der Waals surface area contributed by atoms with Crippen LogP contribution in [0.4, 0.5) is 10.5 Å². The molecule has 1 amide bonds. The average molecular weight is 380 g/mol. The molecule has 0 saturated carbocycles. The van der Waals surface area contributed by atoms with E-state index in [9.17, 15) is 9.59 Å². The fourth-order valence-corrected chi connectivity index (χ4v) is 2.27. The molecular formula is C11H12Br2N2O3. The van der Waals surface area contributed by atoms with Crippen LogP contribution in [-0.2, 0) is 4.74 Å². The molecule has 0 bridgehead atoms. The molecule has 1 rings (SSSR count). The number of aromatic nitrogens is 1. The second kappa shape index (κ2) is 5.79. The summed E-state index contributed by atoms with van der Waals surface area (Å²) >= 11 is 6.32. The van der Waals surface area contributed by atoms with E-state index in [-0.39, 0.29) is 5.56 Å². The highest BCUT2D eigenvalue weighted by molar-refractivity contribution is 9.11. The zero-order valence-electron chi connectivity index (χ0n) is 10.1. The normalized spacial score (nSPS) is 10.9. The topological polar surface area (TPSA) is 68.3 Å². The lowest BCUT2D eigenvalue weighted by molar-refractivity contribution is 0.0636. The van der Waals surface area contributed by atoms with Gasteiger partial charge in [-0.2, -0.15) is 0 Å². The first-order valence-corrected chi connectivity index (χ1v) is 6.63. The molecule has 1 heterocycles. The van der Waals surface area contributed by atoms with Gasteiger partial charge in [0.2, 0.25) is 0 Å². The molecule has 0 aliphatic rings. The Balaban J connectivity index is 2.97. The van der Waals surface area contributed by atoms with Gasteiger partial charge in [-0.15, -0.1) is 0 Å². The van der Waals surface area contributed by atoms with Gasteiger partial charge >= 0.3 is 6.09 Å². The number of ether oxygens (including phenoxy) is 1. The second-order valence-corrected chi connectivity index (χ2v) is 6.01. The van der Waals surface area contributed by atoms with Crippen molar-refractivity contribution in [2.24, 2.45) is 0 Å². The van der Waals surface area contributed by atoms with Gasteiger partial charge in [-0.25, -0.2) is 9.78 Å². The molecule has 0 radical (unpaired) electrons. The molecule has 0 saturated heterocycles. The molecule has 0 aliphatic heterocycles. The summed E-state index contributed by atoms with van der Waals surface area (Å²) in [7, 11) is 0. The molecule has 0 atom stereocenters. The van der Waals surface area contributed by atoms with Gasteiger partial charge in [0.25, 0.3) is 0 Å². The third-order valence-electron chi connectivity index (χ3n) is 1.73. The SMILES string of the molecule is CC(C)(C)OC(=O)Nc1cc(Br)nc(Br)c1C=O. The molecule has 0 unspecified atom stereocenters. The summed E-state index contributed by atoms with van der Waals surface area (Å²) in [6, 6.07) is 1.53. The van der Waals surface area contributed by atoms with E-state index in [0.29, 0.717) is 21.2 Å². The largest absolute Gasteiger partial charge is 0.444 e. The van der Waals surface area contributed by atoms with Crippen molar-refractivity contribution < 1.29 is 14.3 Å². The summed E-state index contributed by atoms with van der Waals surface area (Å²) < 4.78 is 5.94. The third kappa shape index (κ3) is 4.38. The van der Waals surface area contributed by atoms with Crippen LogP contribution in [0.25, 0.3) is 0 Å². The zero-order chi connectivity index (χ0) is 13.9. The molecule has 7 heteroatoms. The van der Waals surface area contributed by atoms with Gasteiger partial charge in [0.1, 0.15) is 14.8 Å². The standard InChI is InChI=1S/C11H12Br2N2O3/c1-11(2,3)18-10(17)14-7-4-8(12)15-9(13)6(7)5-16/h4-5H,1-3H3,(H,14,15,17). The highest BCUT2D eigenvalue weighted by atomic mass is 79.9. The number of hydrogen-bond acceptors (Lipinski definition) is 4. The van der Waals surface area contributed by atoms with E-state index in [4.69, 9.17) is 4.74 Å². The van der Waals surface area contributed by atoms with Crippen molar-refractivity contribution in [1.29, 1.82) is 0 Å². The molecule has 5 nitrogen and oxygen atoms in total. The first kappa shape index (κ1) is 15.1. The molecule has 0 spiro atoms. The number of carbonyl (C=O) groups excluding carboxylic acids is 2. The van der Waals surface area contributed by atoms with Gasteiger partial charge < -0.3 is 4.74 Å². The predicted octanol–water partition coefficient (Wildman–Crippen LogP) is 3.77. The lowest BCUT2D eigenvalue weighted by atomic mass is 10.2. The van der Waals surface area contributed by atoms with Gasteiger partial charge in [0.05, 0.1) is 11.3 Å². The number of aldehydes is 1. The van der Waals surface area contributed by atoms with E-state index in [1.54, 1.807) is 20.8 Å². The first-order chi connectivity index (χ1) is 8.23. The highest BCUT2D eigenvalue weighted by Crippen LogP contribution is 2.25. The lowest BCUT2D eigenvalue weighted by Crippen LogP contribution is -2.27. The Labute approximate surface area is 122 Å². The predicted molar refractivity (Wildman–Crippen MR) is 74.9 cm³/mol. The van der Waals surface area contributed by atoms with Gasteiger partial charge in [-0.05, 0) is 58.7 Å². The molecule has 1 aromatic heterocycles. The van der Waals surface area contributed by atoms with E-state index in [0.717, 1.165) is 0 Å². The van der Waals surface area contributed by atoms with Crippen LogP contribution in [0.15, 0.2) is 15.3 Å². The molecule has 0 aromatic carbocycles. The number of anilines is 1. The van der Waals surface area contributed by atoms with Crippen molar-refractivity contribution in [1.82, 2.24) is 4.98 Å². The summed E-state index contributed by atoms with van der Waals surface area (Å²) in [6.45, 7) is 5.27. The molecular weight excluding hydrogens is 368 g/mol. The van der Waals surface area contributed by atoms with Gasteiger partial charge in [-0.3, -0.25) is 10.1 Å². The minimum Gasteiger partial charge on any atom is -0.444 e. The molecule has 0 aliphatic carbocycles. The molecule has 0 fully saturated rings. The smallest absolute Gasteiger partial charge is 0.412 e. The Hall–Kier alpha value is -0.950. The molecule has 98 valence electrons. The van der Waals surface area contributed by atoms with Crippen molar-refractivity contribution in [2.75, 3.05) is 5.32 Å². The molecule has 1 aromatic rings. The van der Waals surface area contributed by atoms with E-state index in [1.165, 1.54) is 6.07 Å². The minimum atomic E-state index is -0.629. The van der Waals surface area contributed by atoms with Crippen LogP contribution in [-0.4, -0.2) is 23.0 Å². The van der Waals surface area contributed by atoms with E-state index in [2.05, 4.69) is 42.2 Å². The number of amides is 1. The fraction of sp³-hybridized carbons (Fsp3) is 0.364. The Bertz CT molecular complexity index is 484. The van der Waals surface area contributed by atoms with Crippen molar-refractivity contribution >= 4 is 49.9 Å². The maximum atomic E-state index is 11.6. The van der Waals surface area contributed by atoms with Crippen LogP contribution in [0.1, 0.15) is 31.1 Å². The number of nitrogens with zero attached hydrogens (tertiary/aromatic N) is 1. The van der Waals surface area contributed by atoms with Gasteiger partial charge in [-0.1, -0.05) is 0 Å². The summed E-state index contributed by atoms with van der Waals surface area (Å²) in [5, 5.41) is 2.51. The Kier molecular flexibility index (Phi) is 4.86. The summed E-state index contributed by atoms with van der Waals surface area (Å²) in [4.78, 5) is 26.6. The number of hydrogen-bond donors (Lipinski definition) is 1. The summed E-state index contributed by atoms with van der Waals surface area (Å²) in [6.07, 6.45) is -0.0217. The lowest BCUT2D eigenvalue weighted by Gasteiger charge is -2.20. The summed E-state index contributed by atoms with van der Waals surface area (Å²) in [5.74, 6) is 0. The highest BCUT2D eigenvalue weighted by Gasteiger charge is 2.18. The number of pyridine rings is 1. The molecule has 18 heavy (non-hydrogen) atoms. The van der Waals surface area contributed by atoms with Crippen molar-refractivity contribution in [3.8, 4) is 0 Å². The Morgan fingerprint density at radius 2 is 2.06 bits per heavy atom. The number of rotatable bonds is 2. The number of halogens is 2. The maximum Gasteiger partial charge on any atom is 0.412 e. The monoisotopic (exact) mass is 378 g/mol. The van der Waals surface area contributed by atoms with E-state index in [1.807, 2.05) is 0 Å². The number of nitrogens with one attached hydrogen (secondary N) is 1. The van der Waals surface area contributed by atoms with Crippen molar-refractivity contribution in [3.63, 3.8) is 0 Å². The van der Waals surface area contributed by atoms with Gasteiger partial charge in [0.15, 0.2) is 6.29 Å². The van der Waals surface area contributed by atoms with Crippen LogP contribution < -0.4 is 5.32 Å². The van der Waals surface area contributed by atoms with Crippen LogP contribution in [0, 0.1) is 0 Å². The third-order valence-corrected chi connectivity index (χ3v) is 2.75. The first-order valence-electron chi connectivity index (χ1n) is 5.04. The van der Waals surface area contributed by atoms with E-state index >= 15 is 0 Å². The minimum absolute atomic E-state index is 0.254. The Morgan fingerprint density at radius 3 is 2.56 bits per heavy atom. The van der Waals surface area contributed by atoms with Crippen LogP contribution in [0.2, 0.25) is 0 Å². The molecule has 1 N–H and O–H groups in total. The average Bonchev–Trinajstić information content (AvgIpc) is 2.13. The second-order valence-electron chi connectivity index (χ2n) is 4.44. The van der Waals surface area contributed by atoms with Crippen molar-refractivity contribution in [3.05, 3.63) is 20.8 Å². The fourth-order valence-electron chi connectivity index (χ4n) is 1.12. The van der Waals surface area contributed by atoms with Crippen LogP contribution >= 0.6 is 31.9 Å². The van der Waals surface area contributed by atoms with E-state index < -0.39 is 11.7 Å².